The zero-order chi connectivity index (χ0) is 17.5. The highest BCUT2D eigenvalue weighted by Crippen LogP contribution is 2.15. The van der Waals surface area contributed by atoms with Gasteiger partial charge in [0, 0.05) is 11.5 Å². The summed E-state index contributed by atoms with van der Waals surface area (Å²) in [6.07, 6.45) is 0. The van der Waals surface area contributed by atoms with Gasteiger partial charge >= 0.3 is 11.9 Å². The van der Waals surface area contributed by atoms with E-state index in [1.165, 1.54) is 0 Å². The second kappa shape index (κ2) is 8.51. The van der Waals surface area contributed by atoms with Crippen LogP contribution in [0.25, 0.3) is 0 Å². The van der Waals surface area contributed by atoms with E-state index >= 15 is 0 Å². The number of thioether (sulfide) groups is 1. The van der Waals surface area contributed by atoms with Gasteiger partial charge < -0.3 is 27.0 Å². The lowest BCUT2D eigenvalue weighted by Gasteiger charge is -2.22. The Hall–Kier alpha value is -2.10. The summed E-state index contributed by atoms with van der Waals surface area (Å²) in [4.78, 5) is 34.2. The van der Waals surface area contributed by atoms with Crippen LogP contribution in [0, 0.1) is 0 Å². The van der Waals surface area contributed by atoms with Crippen LogP contribution in [0.15, 0.2) is 30.3 Å². The molecule has 0 aromatic heterocycles. The van der Waals surface area contributed by atoms with Crippen molar-refractivity contribution >= 4 is 29.6 Å². The summed E-state index contributed by atoms with van der Waals surface area (Å²) in [6, 6.07) is 7.83. The van der Waals surface area contributed by atoms with Gasteiger partial charge in [-0.15, -0.1) is 0 Å². The van der Waals surface area contributed by atoms with E-state index in [1.54, 1.807) is 30.3 Å². The number of nitrogens with two attached hydrogens (primary N) is 3. The molecule has 1 aromatic rings. The molecule has 1 aromatic carbocycles. The Morgan fingerprint density at radius 2 is 1.87 bits per heavy atom. The predicted octanol–water partition coefficient (Wildman–Crippen LogP) is -0.942. The molecule has 7 N–H and O–H groups in total. The first-order valence-corrected chi connectivity index (χ1v) is 7.79. The lowest BCUT2D eigenvalue weighted by molar-refractivity contribution is -0.160. The number of aliphatic carboxylic acids is 1. The minimum Gasteiger partial charge on any atom is -0.479 e. The highest BCUT2D eigenvalue weighted by atomic mass is 32.2. The van der Waals surface area contributed by atoms with Gasteiger partial charge in [-0.25, -0.2) is 9.59 Å². The van der Waals surface area contributed by atoms with Gasteiger partial charge in [0.1, 0.15) is 6.61 Å². The number of hydrogen-bond acceptors (Lipinski definition) is 7. The molecule has 8 nitrogen and oxygen atoms in total. The normalized spacial score (nSPS) is 14.5. The number of primary amides is 1. The maximum absolute atomic E-state index is 12.0. The van der Waals surface area contributed by atoms with Crippen molar-refractivity contribution in [2.75, 3.05) is 11.5 Å². The fraction of sp³-hybridized carbons (Fsp3) is 0.357. The first-order chi connectivity index (χ1) is 10.8. The molecule has 23 heavy (non-hydrogen) atoms. The third-order valence-corrected chi connectivity index (χ3v) is 4.21. The Balaban J connectivity index is 2.62. The smallest absolute Gasteiger partial charge is 0.339 e. The molecule has 2 atom stereocenters. The molecule has 0 saturated carbocycles. The molecule has 126 valence electrons. The van der Waals surface area contributed by atoms with Crippen molar-refractivity contribution in [1.29, 1.82) is 0 Å². The van der Waals surface area contributed by atoms with Crippen LogP contribution in [0.5, 0.6) is 0 Å². The minimum atomic E-state index is -2.23. The van der Waals surface area contributed by atoms with Gasteiger partial charge in [0.05, 0.1) is 6.04 Å². The Bertz CT molecular complexity index is 569. The molecule has 1 rings (SSSR count). The molecule has 0 bridgehead atoms. The topological polar surface area (TPSA) is 159 Å². The number of esters is 1. The highest BCUT2D eigenvalue weighted by Gasteiger charge is 2.44. The zero-order valence-electron chi connectivity index (χ0n) is 12.3. The summed E-state index contributed by atoms with van der Waals surface area (Å²) in [5.74, 6) is -3.54. The summed E-state index contributed by atoms with van der Waals surface area (Å²) < 4.78 is 4.98. The van der Waals surface area contributed by atoms with E-state index in [0.717, 1.165) is 11.8 Å². The van der Waals surface area contributed by atoms with Crippen molar-refractivity contribution in [2.45, 2.75) is 18.2 Å². The van der Waals surface area contributed by atoms with Crippen molar-refractivity contribution < 1.29 is 24.2 Å². The lowest BCUT2D eigenvalue weighted by atomic mass is 10.1. The van der Waals surface area contributed by atoms with Crippen molar-refractivity contribution in [1.82, 2.24) is 0 Å². The first kappa shape index (κ1) is 18.9. The number of benzene rings is 1. The first-order valence-electron chi connectivity index (χ1n) is 6.63. The second-order valence-electron chi connectivity index (χ2n) is 4.86. The van der Waals surface area contributed by atoms with Gasteiger partial charge in [0.25, 0.3) is 0 Å². The molecule has 9 heteroatoms. The maximum atomic E-state index is 12.0. The molecule has 2 unspecified atom stereocenters. The van der Waals surface area contributed by atoms with Crippen LogP contribution >= 0.6 is 11.8 Å². The number of carbonyl (C=O) groups is 3. The summed E-state index contributed by atoms with van der Waals surface area (Å²) in [6.45, 7) is -0.0859. The molecule has 0 spiro atoms. The summed E-state index contributed by atoms with van der Waals surface area (Å²) in [5.41, 5.74) is 14.6. The SMILES string of the molecule is NC(=O)C(N)CSCC(N)(C(=O)O)C(=O)OCc1ccccc1. The van der Waals surface area contributed by atoms with E-state index in [9.17, 15) is 19.5 Å². The van der Waals surface area contributed by atoms with Crippen molar-refractivity contribution in [2.24, 2.45) is 17.2 Å². The van der Waals surface area contributed by atoms with Crippen LogP contribution in [0.3, 0.4) is 0 Å². The van der Waals surface area contributed by atoms with Crippen LogP contribution in [-0.2, 0) is 25.7 Å². The molecule has 0 heterocycles. The minimum absolute atomic E-state index is 0.0491. The van der Waals surface area contributed by atoms with Crippen molar-refractivity contribution in [3.63, 3.8) is 0 Å². The summed E-state index contributed by atoms with van der Waals surface area (Å²) in [5, 5.41) is 9.21. The molecular weight excluding hydrogens is 322 g/mol. The van der Waals surface area contributed by atoms with Gasteiger partial charge in [-0.1, -0.05) is 30.3 Å². The summed E-state index contributed by atoms with van der Waals surface area (Å²) >= 11 is 0.942. The number of carbonyl (C=O) groups excluding carboxylic acids is 2. The molecule has 0 saturated heterocycles. The standard InChI is InChI=1S/C14H19N3O5S/c15-10(11(16)18)7-23-8-14(17,12(19)20)13(21)22-6-9-4-2-1-3-5-9/h1-5,10H,6-8,15,17H2,(H2,16,18)(H,19,20). The molecule has 0 aliphatic carbocycles. The number of rotatable bonds is 9. The zero-order valence-corrected chi connectivity index (χ0v) is 13.1. The quantitative estimate of drug-likeness (QED) is 0.331. The van der Waals surface area contributed by atoms with Crippen LogP contribution in [0.2, 0.25) is 0 Å². The van der Waals surface area contributed by atoms with E-state index < -0.39 is 29.4 Å². The van der Waals surface area contributed by atoms with Gasteiger partial charge in [0.15, 0.2) is 0 Å². The predicted molar refractivity (Wildman–Crippen MR) is 85.3 cm³/mol. The van der Waals surface area contributed by atoms with E-state index in [-0.39, 0.29) is 18.1 Å². The summed E-state index contributed by atoms with van der Waals surface area (Å²) in [7, 11) is 0. The Morgan fingerprint density at radius 3 is 2.39 bits per heavy atom. The highest BCUT2D eigenvalue weighted by molar-refractivity contribution is 7.99. The molecule has 0 aliphatic heterocycles. The molecule has 0 aliphatic rings. The third-order valence-electron chi connectivity index (χ3n) is 2.95. The van der Waals surface area contributed by atoms with E-state index in [0.29, 0.717) is 5.56 Å². The molecule has 0 radical (unpaired) electrons. The number of ether oxygens (including phenoxy) is 1. The van der Waals surface area contributed by atoms with Crippen molar-refractivity contribution in [3.05, 3.63) is 35.9 Å². The maximum Gasteiger partial charge on any atom is 0.339 e. The second-order valence-corrected chi connectivity index (χ2v) is 5.89. The largest absolute Gasteiger partial charge is 0.479 e. The van der Waals surface area contributed by atoms with Crippen LogP contribution in [0.4, 0.5) is 0 Å². The van der Waals surface area contributed by atoms with Crippen LogP contribution in [-0.4, -0.2) is 46.0 Å². The fourth-order valence-corrected chi connectivity index (χ4v) is 2.59. The van der Waals surface area contributed by atoms with Gasteiger partial charge in [-0.2, -0.15) is 11.8 Å². The molecule has 1 amide bonds. The average Bonchev–Trinajstić information content (AvgIpc) is 2.52. The third kappa shape index (κ3) is 5.55. The Labute approximate surface area is 137 Å². The van der Waals surface area contributed by atoms with E-state index in [4.69, 9.17) is 21.9 Å². The number of carboxylic acid groups (broad SMARTS) is 1. The van der Waals surface area contributed by atoms with Gasteiger partial charge in [0.2, 0.25) is 11.4 Å². The molecular formula is C14H19N3O5S. The van der Waals surface area contributed by atoms with Crippen LogP contribution < -0.4 is 17.2 Å². The lowest BCUT2D eigenvalue weighted by Crippen LogP contribution is -2.58. The van der Waals surface area contributed by atoms with E-state index in [1.807, 2.05) is 0 Å². The van der Waals surface area contributed by atoms with Gasteiger partial charge in [-0.3, -0.25) is 4.79 Å². The number of amides is 1. The monoisotopic (exact) mass is 341 g/mol. The van der Waals surface area contributed by atoms with Crippen molar-refractivity contribution in [3.8, 4) is 0 Å². The number of hydrogen-bond donors (Lipinski definition) is 4. The fourth-order valence-electron chi connectivity index (χ4n) is 1.49. The van der Waals surface area contributed by atoms with Crippen LogP contribution in [0.1, 0.15) is 5.56 Å². The Morgan fingerprint density at radius 1 is 1.26 bits per heavy atom. The molecule has 0 fully saturated rings. The van der Waals surface area contributed by atoms with E-state index in [2.05, 4.69) is 0 Å². The Kier molecular flexibility index (Phi) is 7.01. The average molecular weight is 341 g/mol. The van der Waals surface area contributed by atoms with Gasteiger partial charge in [-0.05, 0) is 5.56 Å². The number of carboxylic acids is 1.